The molecule has 0 saturated carbocycles. The minimum absolute atomic E-state index is 0.398. The lowest BCUT2D eigenvalue weighted by Crippen LogP contribution is -2.43. The lowest BCUT2D eigenvalue weighted by molar-refractivity contribution is 0.804. The van der Waals surface area contributed by atoms with Gasteiger partial charge in [0.05, 0.1) is 18.6 Å². The van der Waals surface area contributed by atoms with Crippen molar-refractivity contribution in [3.63, 3.8) is 0 Å². The van der Waals surface area contributed by atoms with Crippen molar-refractivity contribution in [1.29, 1.82) is 0 Å². The first-order valence-corrected chi connectivity index (χ1v) is 17.3. The Bertz CT molecular complexity index is 1550. The molecule has 6 aromatic rings. The van der Waals surface area contributed by atoms with Gasteiger partial charge in [-0.2, -0.15) is 35.3 Å². The number of thioether (sulfide) groups is 3. The maximum absolute atomic E-state index is 4.97. The third-order valence-corrected chi connectivity index (χ3v) is 9.90. The maximum atomic E-state index is 4.97. The molecule has 0 aliphatic rings. The fourth-order valence-electron chi connectivity index (χ4n) is 5.04. The van der Waals surface area contributed by atoms with E-state index in [1.54, 1.807) is 0 Å². The third kappa shape index (κ3) is 5.41. The number of nitrogens with zero attached hydrogens (tertiary/aromatic N) is 6. The second-order valence-electron chi connectivity index (χ2n) is 9.70. The molecule has 0 aliphatic carbocycles. The summed E-state index contributed by atoms with van der Waals surface area (Å²) in [7, 11) is -0.398. The molecular weight excluding hydrogens is 551 g/mol. The van der Waals surface area contributed by atoms with E-state index in [0.717, 1.165) is 67.2 Å². The fraction of sp³-hybridized carbons (Fsp3) is 0.300. The summed E-state index contributed by atoms with van der Waals surface area (Å²) in [6, 6.07) is 20.0. The number of rotatable bonds is 12. The molecule has 6 rings (SSSR count). The molecule has 3 aromatic carbocycles. The highest BCUT2D eigenvalue weighted by Crippen LogP contribution is 2.26. The van der Waals surface area contributed by atoms with Crippen molar-refractivity contribution in [2.24, 2.45) is 0 Å². The summed E-state index contributed by atoms with van der Waals surface area (Å²) >= 11 is 5.80. The van der Waals surface area contributed by atoms with E-state index in [1.807, 2.05) is 53.9 Å². The molecule has 3 heterocycles. The molecular formula is C30H33BN6S3-. The molecule has 6 nitrogen and oxygen atoms in total. The predicted molar refractivity (Wildman–Crippen MR) is 177 cm³/mol. The molecule has 10 heteroatoms. The van der Waals surface area contributed by atoms with Crippen molar-refractivity contribution in [3.05, 3.63) is 89.9 Å². The molecule has 1 radical (unpaired) electrons. The van der Waals surface area contributed by atoms with E-state index in [-0.39, 0.29) is 0 Å². The van der Waals surface area contributed by atoms with E-state index in [1.165, 1.54) is 16.7 Å². The molecule has 0 atom stereocenters. The second-order valence-corrected chi connectivity index (χ2v) is 13.5. The Morgan fingerprint density at radius 3 is 1.15 bits per heavy atom. The first kappa shape index (κ1) is 27.4. The van der Waals surface area contributed by atoms with E-state index < -0.39 is 7.12 Å². The quantitative estimate of drug-likeness (QED) is 0.140. The van der Waals surface area contributed by atoms with E-state index in [2.05, 4.69) is 89.1 Å². The number of hydrogen-bond donors (Lipinski definition) is 0. The first-order valence-electron chi connectivity index (χ1n) is 13.8. The average Bonchev–Trinajstić information content (AvgIpc) is 3.71. The highest BCUT2D eigenvalue weighted by atomic mass is 32.2. The van der Waals surface area contributed by atoms with Gasteiger partial charge in [0.15, 0.2) is 0 Å². The van der Waals surface area contributed by atoms with Crippen molar-refractivity contribution < 1.29 is 0 Å². The Kier molecular flexibility index (Phi) is 8.46. The topological polar surface area (TPSA) is 53.5 Å². The minimum Gasteiger partial charge on any atom is -0.419 e. The number of aromatic nitrogens is 6. The standard InChI is InChI=1S/C30H33BN6S3/c1-4-38-19-22-7-10-25-16-32-35(28(25)13-22)31(36-29-14-23(20-39-5-2)8-11-26(29)17-33-36)37-30-15-24(21-40-6-3)9-12-27(30)18-34-37/h7-18H,4-6,19-21H2,1-3H3/q-1. The van der Waals surface area contributed by atoms with Gasteiger partial charge in [-0.05, 0) is 52.1 Å². The van der Waals surface area contributed by atoms with Crippen LogP contribution in [0.3, 0.4) is 0 Å². The Balaban J connectivity index is 1.56. The monoisotopic (exact) mass is 584 g/mol. The van der Waals surface area contributed by atoms with Crippen LogP contribution in [0.15, 0.2) is 73.2 Å². The summed E-state index contributed by atoms with van der Waals surface area (Å²) in [5, 5.41) is 18.2. The minimum atomic E-state index is -0.398. The van der Waals surface area contributed by atoms with E-state index in [0.29, 0.717) is 0 Å². The van der Waals surface area contributed by atoms with Crippen molar-refractivity contribution in [2.75, 3.05) is 17.3 Å². The lowest BCUT2D eigenvalue weighted by Gasteiger charge is -2.32. The number of fused-ring (bicyclic) bond motifs is 3. The van der Waals surface area contributed by atoms with Crippen LogP contribution in [0.25, 0.3) is 32.7 Å². The lowest BCUT2D eigenvalue weighted by atomic mass is 9.92. The number of hydrogen-bond acceptors (Lipinski definition) is 6. The van der Waals surface area contributed by atoms with Crippen LogP contribution in [0.1, 0.15) is 37.5 Å². The number of benzene rings is 3. The van der Waals surface area contributed by atoms with Crippen LogP contribution >= 0.6 is 35.3 Å². The summed E-state index contributed by atoms with van der Waals surface area (Å²) in [5.41, 5.74) is 7.15. The van der Waals surface area contributed by atoms with Crippen LogP contribution < -0.4 is 0 Å². The highest BCUT2D eigenvalue weighted by molar-refractivity contribution is 7.98. The highest BCUT2D eigenvalue weighted by Gasteiger charge is 2.18. The first-order chi connectivity index (χ1) is 19.7. The van der Waals surface area contributed by atoms with Gasteiger partial charge >= 0.3 is 0 Å². The Morgan fingerprint density at radius 1 is 0.525 bits per heavy atom. The molecule has 40 heavy (non-hydrogen) atoms. The normalized spacial score (nSPS) is 12.0. The van der Waals surface area contributed by atoms with Crippen molar-refractivity contribution in [1.82, 2.24) is 29.1 Å². The Labute approximate surface area is 248 Å². The summed E-state index contributed by atoms with van der Waals surface area (Å²) in [6.45, 7) is 6.61. The van der Waals surface area contributed by atoms with Crippen molar-refractivity contribution in [3.8, 4) is 0 Å². The molecule has 0 fully saturated rings. The molecule has 0 spiro atoms. The van der Waals surface area contributed by atoms with Gasteiger partial charge in [-0.25, -0.2) is 15.3 Å². The van der Waals surface area contributed by atoms with Gasteiger partial charge < -0.3 is 13.8 Å². The fourth-order valence-corrected chi connectivity index (χ4v) is 6.90. The van der Waals surface area contributed by atoms with Gasteiger partial charge in [0.25, 0.3) is 7.12 Å². The zero-order chi connectivity index (χ0) is 27.5. The van der Waals surface area contributed by atoms with Gasteiger partial charge in [-0.3, -0.25) is 0 Å². The van der Waals surface area contributed by atoms with Gasteiger partial charge in [0.1, 0.15) is 0 Å². The van der Waals surface area contributed by atoms with Crippen LogP contribution in [0.5, 0.6) is 0 Å². The molecule has 3 aromatic heterocycles. The molecule has 0 saturated heterocycles. The van der Waals surface area contributed by atoms with Crippen LogP contribution in [0.2, 0.25) is 0 Å². The molecule has 0 unspecified atom stereocenters. The van der Waals surface area contributed by atoms with Gasteiger partial charge in [0.2, 0.25) is 0 Å². The van der Waals surface area contributed by atoms with Gasteiger partial charge in [-0.15, -0.1) is 0 Å². The van der Waals surface area contributed by atoms with Crippen LogP contribution in [-0.2, 0) is 17.3 Å². The molecule has 0 amide bonds. The zero-order valence-electron chi connectivity index (χ0n) is 23.2. The Morgan fingerprint density at radius 2 is 0.850 bits per heavy atom. The van der Waals surface area contributed by atoms with Crippen molar-refractivity contribution in [2.45, 2.75) is 38.0 Å². The van der Waals surface area contributed by atoms with Crippen molar-refractivity contribution >= 4 is 75.1 Å². The molecule has 205 valence electrons. The van der Waals surface area contributed by atoms with E-state index in [9.17, 15) is 0 Å². The van der Waals surface area contributed by atoms with Gasteiger partial charge in [0, 0.05) is 50.0 Å². The van der Waals surface area contributed by atoms with E-state index in [4.69, 9.17) is 15.3 Å². The molecule has 0 aliphatic heterocycles. The third-order valence-electron chi connectivity index (χ3n) is 7.06. The van der Waals surface area contributed by atoms with Crippen LogP contribution in [0, 0.1) is 0 Å². The SMILES string of the molecule is CCSCc1ccc2cnn([B-](n3ncc4ccc(CSCC)cc43)n3ncc4ccc(CSCC)cc43)c2c1. The predicted octanol–water partition coefficient (Wildman–Crippen LogP) is 7.42. The largest absolute Gasteiger partial charge is 0.419 e. The molecule has 0 N–H and O–H groups in total. The van der Waals surface area contributed by atoms with Gasteiger partial charge in [-0.1, -0.05) is 57.2 Å². The summed E-state index contributed by atoms with van der Waals surface area (Å²) in [5.74, 6) is 6.22. The average molecular weight is 585 g/mol. The summed E-state index contributed by atoms with van der Waals surface area (Å²) in [4.78, 5) is 0. The zero-order valence-corrected chi connectivity index (χ0v) is 25.6. The molecule has 0 bridgehead atoms. The smallest absolute Gasteiger partial charge is 0.262 e. The maximum Gasteiger partial charge on any atom is 0.262 e. The van der Waals surface area contributed by atoms with Crippen LogP contribution in [0.4, 0.5) is 0 Å². The second kappa shape index (κ2) is 12.4. The summed E-state index contributed by atoms with van der Waals surface area (Å²) < 4.78 is 6.28. The van der Waals surface area contributed by atoms with Crippen LogP contribution in [-0.4, -0.2) is 53.5 Å². The van der Waals surface area contributed by atoms with E-state index >= 15 is 0 Å². The Hall–Kier alpha value is -2.82. The summed E-state index contributed by atoms with van der Waals surface area (Å²) in [6.07, 6.45) is 5.88.